The molecule has 0 spiro atoms. The Kier molecular flexibility index (Phi) is 6.39. The predicted octanol–water partition coefficient (Wildman–Crippen LogP) is 2.84. The van der Waals surface area contributed by atoms with E-state index in [1.165, 1.54) is 0 Å². The van der Waals surface area contributed by atoms with Gasteiger partial charge in [0.2, 0.25) is 0 Å². The van der Waals surface area contributed by atoms with Crippen LogP contribution in [0.25, 0.3) is 0 Å². The summed E-state index contributed by atoms with van der Waals surface area (Å²) < 4.78 is 42.6. The van der Waals surface area contributed by atoms with Crippen molar-refractivity contribution in [2.45, 2.75) is 33.0 Å². The molecule has 0 aliphatic carbocycles. The molecule has 0 unspecified atom stereocenters. The standard InChI is InChI=1S/C15H18F3NO3/c1-3-22-13(20)8-9-19(14(21)15(16,17)18)10-12-6-4-11(2)5-7-12/h4-7H,3,8-10H2,1-2H3. The summed E-state index contributed by atoms with van der Waals surface area (Å²) in [5.41, 5.74) is 1.52. The van der Waals surface area contributed by atoms with Crippen LogP contribution in [-0.2, 0) is 20.9 Å². The fourth-order valence-corrected chi connectivity index (χ4v) is 1.80. The van der Waals surface area contributed by atoms with Crippen molar-refractivity contribution in [2.24, 2.45) is 0 Å². The molecule has 0 saturated heterocycles. The Labute approximate surface area is 126 Å². The van der Waals surface area contributed by atoms with E-state index in [0.29, 0.717) is 10.5 Å². The van der Waals surface area contributed by atoms with Crippen molar-refractivity contribution < 1.29 is 27.5 Å². The number of halogens is 3. The number of hydrogen-bond donors (Lipinski definition) is 0. The Morgan fingerprint density at radius 3 is 2.27 bits per heavy atom. The summed E-state index contributed by atoms with van der Waals surface area (Å²) in [6.45, 7) is 3.04. The first kappa shape index (κ1) is 18.0. The second-order valence-corrected chi connectivity index (χ2v) is 4.77. The number of nitrogens with zero attached hydrogens (tertiary/aromatic N) is 1. The van der Waals surface area contributed by atoms with E-state index in [4.69, 9.17) is 0 Å². The van der Waals surface area contributed by atoms with Crippen molar-refractivity contribution in [1.29, 1.82) is 0 Å². The second kappa shape index (κ2) is 7.82. The summed E-state index contributed by atoms with van der Waals surface area (Å²) in [5.74, 6) is -2.59. The highest BCUT2D eigenvalue weighted by Gasteiger charge is 2.42. The number of benzene rings is 1. The van der Waals surface area contributed by atoms with E-state index >= 15 is 0 Å². The molecule has 4 nitrogen and oxygen atoms in total. The first-order valence-corrected chi connectivity index (χ1v) is 6.81. The number of carbonyl (C=O) groups is 2. The van der Waals surface area contributed by atoms with Crippen LogP contribution in [0.1, 0.15) is 24.5 Å². The zero-order valence-corrected chi connectivity index (χ0v) is 12.4. The number of rotatable bonds is 6. The SMILES string of the molecule is CCOC(=O)CCN(Cc1ccc(C)cc1)C(=O)C(F)(F)F. The van der Waals surface area contributed by atoms with Gasteiger partial charge in [-0.05, 0) is 19.4 Å². The molecule has 122 valence electrons. The van der Waals surface area contributed by atoms with E-state index in [9.17, 15) is 22.8 Å². The highest BCUT2D eigenvalue weighted by molar-refractivity contribution is 5.82. The molecule has 22 heavy (non-hydrogen) atoms. The third-order valence-electron chi connectivity index (χ3n) is 2.91. The van der Waals surface area contributed by atoms with Gasteiger partial charge in [-0.25, -0.2) is 0 Å². The van der Waals surface area contributed by atoms with Crippen LogP contribution in [0.5, 0.6) is 0 Å². The number of alkyl halides is 3. The number of carbonyl (C=O) groups excluding carboxylic acids is 2. The number of esters is 1. The number of ether oxygens (including phenoxy) is 1. The van der Waals surface area contributed by atoms with Crippen molar-refractivity contribution in [1.82, 2.24) is 4.90 Å². The Morgan fingerprint density at radius 1 is 1.18 bits per heavy atom. The van der Waals surface area contributed by atoms with Crippen LogP contribution in [0.4, 0.5) is 13.2 Å². The number of hydrogen-bond acceptors (Lipinski definition) is 3. The minimum absolute atomic E-state index is 0.143. The maximum atomic E-state index is 12.6. The summed E-state index contributed by atoms with van der Waals surface area (Å²) in [4.78, 5) is 23.3. The molecule has 1 rings (SSSR count). The zero-order chi connectivity index (χ0) is 16.8. The molecule has 0 fully saturated rings. The summed E-state index contributed by atoms with van der Waals surface area (Å²) in [6.07, 6.45) is -5.25. The first-order valence-electron chi connectivity index (χ1n) is 6.81. The largest absolute Gasteiger partial charge is 0.471 e. The average Bonchev–Trinajstić information content (AvgIpc) is 2.44. The molecule has 7 heteroatoms. The van der Waals surface area contributed by atoms with Crippen LogP contribution < -0.4 is 0 Å². The minimum Gasteiger partial charge on any atom is -0.466 e. The fraction of sp³-hybridized carbons (Fsp3) is 0.467. The van der Waals surface area contributed by atoms with Crippen molar-refractivity contribution in [3.8, 4) is 0 Å². The summed E-state index contributed by atoms with van der Waals surface area (Å²) in [6, 6.07) is 6.79. The van der Waals surface area contributed by atoms with Gasteiger partial charge in [0.25, 0.3) is 0 Å². The molecule has 0 N–H and O–H groups in total. The molecule has 0 aliphatic rings. The van der Waals surface area contributed by atoms with Crippen LogP contribution >= 0.6 is 0 Å². The molecule has 1 aromatic carbocycles. The van der Waals surface area contributed by atoms with Gasteiger partial charge in [0.15, 0.2) is 0 Å². The lowest BCUT2D eigenvalue weighted by molar-refractivity contribution is -0.186. The maximum absolute atomic E-state index is 12.6. The van der Waals surface area contributed by atoms with Crippen molar-refractivity contribution in [3.63, 3.8) is 0 Å². The first-order chi connectivity index (χ1) is 10.2. The topological polar surface area (TPSA) is 46.6 Å². The Bertz CT molecular complexity index is 512. The maximum Gasteiger partial charge on any atom is 0.471 e. The van der Waals surface area contributed by atoms with Crippen LogP contribution in [0.2, 0.25) is 0 Å². The smallest absolute Gasteiger partial charge is 0.466 e. The molecule has 0 aliphatic heterocycles. The number of amides is 1. The summed E-state index contributed by atoms with van der Waals surface area (Å²) in [5, 5.41) is 0. The summed E-state index contributed by atoms with van der Waals surface area (Å²) in [7, 11) is 0. The van der Waals surface area contributed by atoms with Gasteiger partial charge in [0.1, 0.15) is 0 Å². The Hall–Kier alpha value is -2.05. The van der Waals surface area contributed by atoms with E-state index in [1.807, 2.05) is 6.92 Å². The molecular weight excluding hydrogens is 299 g/mol. The normalized spacial score (nSPS) is 11.1. The van der Waals surface area contributed by atoms with Gasteiger partial charge < -0.3 is 9.64 Å². The second-order valence-electron chi connectivity index (χ2n) is 4.77. The molecule has 0 saturated carbocycles. The van der Waals surface area contributed by atoms with Crippen molar-refractivity contribution >= 4 is 11.9 Å². The third kappa shape index (κ3) is 5.75. The van der Waals surface area contributed by atoms with Gasteiger partial charge in [-0.1, -0.05) is 29.8 Å². The van der Waals surface area contributed by atoms with E-state index in [-0.39, 0.29) is 26.1 Å². The molecule has 0 bridgehead atoms. The monoisotopic (exact) mass is 317 g/mol. The molecule has 0 atom stereocenters. The van der Waals surface area contributed by atoms with E-state index < -0.39 is 18.1 Å². The van der Waals surface area contributed by atoms with Crippen molar-refractivity contribution in [2.75, 3.05) is 13.2 Å². The van der Waals surface area contributed by atoms with Gasteiger partial charge in [0.05, 0.1) is 13.0 Å². The third-order valence-corrected chi connectivity index (χ3v) is 2.91. The minimum atomic E-state index is -4.97. The van der Waals surface area contributed by atoms with Crippen LogP contribution in [-0.4, -0.2) is 36.1 Å². The molecule has 0 heterocycles. The summed E-state index contributed by atoms with van der Waals surface area (Å²) >= 11 is 0. The van der Waals surface area contributed by atoms with Crippen LogP contribution in [0.3, 0.4) is 0 Å². The predicted molar refractivity (Wildman–Crippen MR) is 73.9 cm³/mol. The highest BCUT2D eigenvalue weighted by atomic mass is 19.4. The lowest BCUT2D eigenvalue weighted by Gasteiger charge is -2.23. The van der Waals surface area contributed by atoms with Gasteiger partial charge in [-0.15, -0.1) is 0 Å². The average molecular weight is 317 g/mol. The Balaban J connectivity index is 2.79. The molecule has 0 radical (unpaired) electrons. The fourth-order valence-electron chi connectivity index (χ4n) is 1.80. The zero-order valence-electron chi connectivity index (χ0n) is 12.4. The number of aryl methyl sites for hydroxylation is 1. The highest BCUT2D eigenvalue weighted by Crippen LogP contribution is 2.20. The molecule has 0 aromatic heterocycles. The molecular formula is C15H18F3NO3. The van der Waals surface area contributed by atoms with Gasteiger partial charge in [-0.3, -0.25) is 9.59 Å². The van der Waals surface area contributed by atoms with Crippen LogP contribution in [0.15, 0.2) is 24.3 Å². The molecule has 1 aromatic rings. The van der Waals surface area contributed by atoms with E-state index in [0.717, 1.165) is 5.56 Å². The van der Waals surface area contributed by atoms with Crippen molar-refractivity contribution in [3.05, 3.63) is 35.4 Å². The Morgan fingerprint density at radius 2 is 1.77 bits per heavy atom. The van der Waals surface area contributed by atoms with E-state index in [1.54, 1.807) is 31.2 Å². The van der Waals surface area contributed by atoms with E-state index in [2.05, 4.69) is 4.74 Å². The van der Waals surface area contributed by atoms with Crippen LogP contribution in [0, 0.1) is 6.92 Å². The van der Waals surface area contributed by atoms with Gasteiger partial charge >= 0.3 is 18.1 Å². The van der Waals surface area contributed by atoms with Gasteiger partial charge in [-0.2, -0.15) is 13.2 Å². The quantitative estimate of drug-likeness (QED) is 0.758. The lowest BCUT2D eigenvalue weighted by atomic mass is 10.1. The molecule has 1 amide bonds. The van der Waals surface area contributed by atoms with Gasteiger partial charge in [0, 0.05) is 13.1 Å². The lowest BCUT2D eigenvalue weighted by Crippen LogP contribution is -2.41.